The second-order valence-electron chi connectivity index (χ2n) is 7.43. The second kappa shape index (κ2) is 11.4. The van der Waals surface area contributed by atoms with Crippen LogP contribution in [0, 0.1) is 17.9 Å². The summed E-state index contributed by atoms with van der Waals surface area (Å²) in [4.78, 5) is 3.42. The first-order chi connectivity index (χ1) is 15.2. The van der Waals surface area contributed by atoms with Gasteiger partial charge in [-0.1, -0.05) is 56.2 Å². The number of unbranched alkanes of at least 4 members (excludes halogenated alkanes) is 2. The van der Waals surface area contributed by atoms with E-state index in [-0.39, 0.29) is 0 Å². The zero-order valence-corrected chi connectivity index (χ0v) is 17.8. The summed E-state index contributed by atoms with van der Waals surface area (Å²) in [7, 11) is 0. The third kappa shape index (κ3) is 6.91. The lowest BCUT2D eigenvalue weighted by Gasteiger charge is -2.13. The fraction of sp³-hybridized carbons (Fsp3) is 0.259. The number of aryl methyl sites for hydroxylation is 1. The molecule has 0 heterocycles. The first-order valence-corrected chi connectivity index (χ1v) is 10.5. The Morgan fingerprint density at radius 3 is 1.90 bits per heavy atom. The summed E-state index contributed by atoms with van der Waals surface area (Å²) in [6.45, 7) is 10.1. The third-order valence-electron chi connectivity index (χ3n) is 4.97. The number of rotatable bonds is 10. The first kappa shape index (κ1) is 21.9. The van der Waals surface area contributed by atoms with Crippen LogP contribution in [0.25, 0.3) is 4.85 Å². The van der Waals surface area contributed by atoms with Gasteiger partial charge in [0.15, 0.2) is 5.69 Å². The number of hydrogen-bond donors (Lipinski definition) is 0. The van der Waals surface area contributed by atoms with Gasteiger partial charge in [-0.3, -0.25) is 0 Å². The van der Waals surface area contributed by atoms with Gasteiger partial charge in [0.2, 0.25) is 0 Å². The van der Waals surface area contributed by atoms with E-state index in [4.69, 9.17) is 21.3 Å². The van der Waals surface area contributed by atoms with E-state index in [1.54, 1.807) is 24.3 Å². The monoisotopic (exact) mass is 410 g/mol. The Morgan fingerprint density at radius 2 is 1.39 bits per heavy atom. The van der Waals surface area contributed by atoms with Gasteiger partial charge >= 0.3 is 0 Å². The normalized spacial score (nSPS) is 10.2. The van der Waals surface area contributed by atoms with Crippen molar-refractivity contribution in [1.29, 1.82) is 5.26 Å². The second-order valence-corrected chi connectivity index (χ2v) is 7.43. The zero-order valence-electron chi connectivity index (χ0n) is 17.8. The molecule has 156 valence electrons. The topological polar surface area (TPSA) is 46.6 Å². The highest BCUT2D eigenvalue weighted by atomic mass is 16.5. The van der Waals surface area contributed by atoms with E-state index in [9.17, 15) is 0 Å². The highest BCUT2D eigenvalue weighted by Gasteiger charge is 2.06. The standard InChI is InChI=1S/C27H26N2O2/c1-3-4-5-6-24-15-26(30-19-22-9-7-21(18-28)8-10-22)17-27(16-24)31-20-23-11-13-25(29-2)14-12-23/h7-17H,3-6,19-20H2,1H3. The summed E-state index contributed by atoms with van der Waals surface area (Å²) in [5.41, 5.74) is 4.49. The molecule has 0 aromatic heterocycles. The molecular formula is C27H26N2O2. The van der Waals surface area contributed by atoms with Gasteiger partial charge in [-0.25, -0.2) is 4.85 Å². The number of benzene rings is 3. The third-order valence-corrected chi connectivity index (χ3v) is 4.97. The van der Waals surface area contributed by atoms with E-state index in [1.807, 2.05) is 30.3 Å². The minimum absolute atomic E-state index is 0.432. The molecule has 4 heteroatoms. The summed E-state index contributed by atoms with van der Waals surface area (Å²) in [6.07, 6.45) is 4.49. The van der Waals surface area contributed by atoms with Crippen molar-refractivity contribution in [1.82, 2.24) is 0 Å². The summed E-state index contributed by atoms with van der Waals surface area (Å²) in [5.74, 6) is 1.55. The maximum Gasteiger partial charge on any atom is 0.187 e. The molecule has 0 unspecified atom stereocenters. The molecule has 0 saturated heterocycles. The maximum absolute atomic E-state index is 8.94. The van der Waals surface area contributed by atoms with Crippen LogP contribution in [0.4, 0.5) is 5.69 Å². The summed E-state index contributed by atoms with van der Waals surface area (Å²) < 4.78 is 12.1. The van der Waals surface area contributed by atoms with Crippen LogP contribution in [0.15, 0.2) is 66.7 Å². The van der Waals surface area contributed by atoms with Gasteiger partial charge in [-0.2, -0.15) is 5.26 Å². The Labute approximate surface area is 184 Å². The number of hydrogen-bond acceptors (Lipinski definition) is 3. The molecule has 0 fully saturated rings. The number of nitriles is 1. The van der Waals surface area contributed by atoms with Crippen molar-refractivity contribution in [2.24, 2.45) is 0 Å². The average molecular weight is 411 g/mol. The van der Waals surface area contributed by atoms with Crippen LogP contribution >= 0.6 is 0 Å². The smallest absolute Gasteiger partial charge is 0.187 e. The Morgan fingerprint density at radius 1 is 0.806 bits per heavy atom. The Balaban J connectivity index is 1.69. The lowest BCUT2D eigenvalue weighted by atomic mass is 10.1. The van der Waals surface area contributed by atoms with Crippen LogP contribution in [0.5, 0.6) is 11.5 Å². The molecule has 0 spiro atoms. The molecule has 0 bridgehead atoms. The molecule has 0 aliphatic carbocycles. The molecule has 0 atom stereocenters. The van der Waals surface area contributed by atoms with Crippen molar-refractivity contribution in [3.8, 4) is 17.6 Å². The van der Waals surface area contributed by atoms with Crippen molar-refractivity contribution in [3.63, 3.8) is 0 Å². The molecule has 0 saturated carbocycles. The van der Waals surface area contributed by atoms with E-state index in [2.05, 4.69) is 30.0 Å². The van der Waals surface area contributed by atoms with Crippen LogP contribution < -0.4 is 9.47 Å². The zero-order chi connectivity index (χ0) is 21.9. The molecule has 31 heavy (non-hydrogen) atoms. The quantitative estimate of drug-likeness (QED) is 0.267. The number of ether oxygens (including phenoxy) is 2. The number of nitrogens with zero attached hydrogens (tertiary/aromatic N) is 2. The van der Waals surface area contributed by atoms with E-state index < -0.39 is 0 Å². The molecule has 0 aliphatic heterocycles. The average Bonchev–Trinajstić information content (AvgIpc) is 2.82. The molecule has 4 nitrogen and oxygen atoms in total. The van der Waals surface area contributed by atoms with Crippen molar-refractivity contribution in [3.05, 3.63) is 100 Å². The van der Waals surface area contributed by atoms with Crippen molar-refractivity contribution >= 4 is 5.69 Å². The van der Waals surface area contributed by atoms with Gasteiger partial charge in [-0.05, 0) is 53.8 Å². The van der Waals surface area contributed by atoms with E-state index in [0.717, 1.165) is 35.5 Å². The van der Waals surface area contributed by atoms with Crippen LogP contribution in [-0.2, 0) is 19.6 Å². The van der Waals surface area contributed by atoms with Crippen LogP contribution in [0.2, 0.25) is 0 Å². The lowest BCUT2D eigenvalue weighted by Crippen LogP contribution is -2.00. The first-order valence-electron chi connectivity index (χ1n) is 10.5. The maximum atomic E-state index is 8.94. The van der Waals surface area contributed by atoms with Crippen LogP contribution in [0.1, 0.15) is 48.4 Å². The SMILES string of the molecule is [C-]#[N+]c1ccc(COc2cc(CCCCC)cc(OCc3ccc(C#N)cc3)c2)cc1. The molecule has 0 N–H and O–H groups in total. The van der Waals surface area contributed by atoms with Gasteiger partial charge in [0.1, 0.15) is 24.7 Å². The molecule has 0 aliphatic rings. The predicted octanol–water partition coefficient (Wildman–Crippen LogP) is 7.00. The molecule has 0 amide bonds. The fourth-order valence-electron chi connectivity index (χ4n) is 3.20. The molecule has 3 rings (SSSR count). The Kier molecular flexibility index (Phi) is 8.09. The lowest BCUT2D eigenvalue weighted by molar-refractivity contribution is 0.289. The summed E-state index contributed by atoms with van der Waals surface area (Å²) in [6, 6.07) is 23.1. The van der Waals surface area contributed by atoms with Crippen molar-refractivity contribution < 1.29 is 9.47 Å². The van der Waals surface area contributed by atoms with Gasteiger partial charge in [-0.15, -0.1) is 0 Å². The fourth-order valence-corrected chi connectivity index (χ4v) is 3.20. The van der Waals surface area contributed by atoms with Gasteiger partial charge in [0.25, 0.3) is 0 Å². The van der Waals surface area contributed by atoms with Gasteiger partial charge < -0.3 is 9.47 Å². The van der Waals surface area contributed by atoms with Crippen molar-refractivity contribution in [2.45, 2.75) is 45.8 Å². The van der Waals surface area contributed by atoms with Crippen molar-refractivity contribution in [2.75, 3.05) is 0 Å². The molecule has 0 radical (unpaired) electrons. The molecule has 3 aromatic carbocycles. The van der Waals surface area contributed by atoms with Crippen LogP contribution in [0.3, 0.4) is 0 Å². The van der Waals surface area contributed by atoms with E-state index in [0.29, 0.717) is 24.5 Å². The highest BCUT2D eigenvalue weighted by molar-refractivity contribution is 5.45. The van der Waals surface area contributed by atoms with Gasteiger partial charge in [0.05, 0.1) is 18.2 Å². The Bertz CT molecular complexity index is 979. The Hall–Kier alpha value is -3.76. The molecular weight excluding hydrogens is 384 g/mol. The minimum atomic E-state index is 0.432. The summed E-state index contributed by atoms with van der Waals surface area (Å²) >= 11 is 0. The highest BCUT2D eigenvalue weighted by Crippen LogP contribution is 2.26. The molecule has 3 aromatic rings. The largest absolute Gasteiger partial charge is 0.489 e. The van der Waals surface area contributed by atoms with Gasteiger partial charge in [0, 0.05) is 6.07 Å². The van der Waals surface area contributed by atoms with Crippen LogP contribution in [-0.4, -0.2) is 0 Å². The summed E-state index contributed by atoms with van der Waals surface area (Å²) in [5, 5.41) is 8.94. The van der Waals surface area contributed by atoms with E-state index in [1.165, 1.54) is 18.4 Å². The minimum Gasteiger partial charge on any atom is -0.489 e. The van der Waals surface area contributed by atoms with E-state index >= 15 is 0 Å². The predicted molar refractivity (Wildman–Crippen MR) is 122 cm³/mol.